The summed E-state index contributed by atoms with van der Waals surface area (Å²) in [7, 11) is 1.93. The van der Waals surface area contributed by atoms with Crippen LogP contribution in [0.3, 0.4) is 0 Å². The topological polar surface area (TPSA) is 88.7 Å². The zero-order chi connectivity index (χ0) is 22.4. The highest BCUT2D eigenvalue weighted by Gasteiger charge is 2.34. The van der Waals surface area contributed by atoms with Crippen LogP contribution >= 0.6 is 11.5 Å². The Morgan fingerprint density at radius 3 is 2.70 bits per heavy atom. The summed E-state index contributed by atoms with van der Waals surface area (Å²) >= 11 is 1.42. The molecule has 2 aliphatic rings. The third-order valence-corrected chi connectivity index (χ3v) is 7.52. The van der Waals surface area contributed by atoms with Crippen LogP contribution in [0.2, 0.25) is 0 Å². The van der Waals surface area contributed by atoms with Gasteiger partial charge in [0.05, 0.1) is 23.1 Å². The van der Waals surface area contributed by atoms with Crippen LogP contribution in [0.4, 0.5) is 16.8 Å². The first-order chi connectivity index (χ1) is 16.1. The molecule has 2 fully saturated rings. The van der Waals surface area contributed by atoms with Crippen molar-refractivity contribution in [3.8, 4) is 5.69 Å². The highest BCUT2D eigenvalue weighted by atomic mass is 32.1. The van der Waals surface area contributed by atoms with Gasteiger partial charge < -0.3 is 20.1 Å². The van der Waals surface area contributed by atoms with E-state index in [0.717, 1.165) is 46.1 Å². The Morgan fingerprint density at radius 2 is 1.97 bits per heavy atom. The SMILES string of the molecule is Cc1cc(Nc2nc(N[C@H]3C[C@H](N4CCCCC4)C3)c3c(ccn3-c3cnn(C)c3)n2)sn1. The first-order valence-electron chi connectivity index (χ1n) is 11.7. The molecule has 10 heteroatoms. The number of piperidine rings is 1. The van der Waals surface area contributed by atoms with Crippen molar-refractivity contribution in [2.45, 2.75) is 51.1 Å². The lowest BCUT2D eigenvalue weighted by molar-refractivity contribution is 0.0959. The fourth-order valence-corrected chi connectivity index (χ4v) is 5.62. The van der Waals surface area contributed by atoms with Crippen LogP contribution < -0.4 is 10.6 Å². The molecule has 0 spiro atoms. The second kappa shape index (κ2) is 8.42. The predicted octanol–water partition coefficient (Wildman–Crippen LogP) is 4.09. The van der Waals surface area contributed by atoms with Gasteiger partial charge in [0.1, 0.15) is 10.5 Å². The van der Waals surface area contributed by atoms with Gasteiger partial charge in [-0.15, -0.1) is 0 Å². The Balaban J connectivity index is 1.30. The van der Waals surface area contributed by atoms with Gasteiger partial charge in [0.15, 0.2) is 5.82 Å². The van der Waals surface area contributed by atoms with E-state index in [-0.39, 0.29) is 0 Å². The fourth-order valence-electron chi connectivity index (χ4n) is 4.96. The standard InChI is InChI=1S/C23H29N9S/c1-15-10-20(33-29-15)27-23-26-19-6-9-32(18-13-24-30(2)14-18)21(19)22(28-23)25-16-11-17(12-16)31-7-4-3-5-8-31/h6,9-10,13-14,16-17H,3-5,7-8,11-12H2,1-2H3,(H2,25,26,27,28)/t16-,17-. The van der Waals surface area contributed by atoms with Crippen molar-refractivity contribution < 1.29 is 0 Å². The van der Waals surface area contributed by atoms with Crippen molar-refractivity contribution in [1.29, 1.82) is 0 Å². The van der Waals surface area contributed by atoms with Crippen molar-refractivity contribution >= 4 is 39.3 Å². The van der Waals surface area contributed by atoms with Crippen LogP contribution in [0.1, 0.15) is 37.8 Å². The minimum absolute atomic E-state index is 0.422. The third kappa shape index (κ3) is 4.08. The molecular formula is C23H29N9S. The summed E-state index contributed by atoms with van der Waals surface area (Å²) in [5, 5.41) is 12.4. The molecule has 4 aromatic heterocycles. The summed E-state index contributed by atoms with van der Waals surface area (Å²) in [6.45, 7) is 4.49. The molecule has 0 aromatic carbocycles. The summed E-state index contributed by atoms with van der Waals surface area (Å²) < 4.78 is 8.29. The van der Waals surface area contributed by atoms with Gasteiger partial charge in [-0.3, -0.25) is 4.68 Å². The second-order valence-corrected chi connectivity index (χ2v) is 10.0. The molecular weight excluding hydrogens is 434 g/mol. The highest BCUT2D eigenvalue weighted by Crippen LogP contribution is 2.34. The molecule has 1 saturated heterocycles. The first kappa shape index (κ1) is 20.6. The van der Waals surface area contributed by atoms with Crippen molar-refractivity contribution in [2.24, 2.45) is 7.05 Å². The lowest BCUT2D eigenvalue weighted by Crippen LogP contribution is -2.51. The zero-order valence-electron chi connectivity index (χ0n) is 19.0. The lowest BCUT2D eigenvalue weighted by Gasteiger charge is -2.45. The van der Waals surface area contributed by atoms with E-state index in [9.17, 15) is 0 Å². The number of nitrogens with zero attached hydrogens (tertiary/aromatic N) is 7. The Bertz CT molecular complexity index is 1260. The van der Waals surface area contributed by atoms with Gasteiger partial charge in [0.25, 0.3) is 0 Å². The molecule has 0 radical (unpaired) electrons. The molecule has 172 valence electrons. The van der Waals surface area contributed by atoms with E-state index in [1.165, 1.54) is 43.9 Å². The number of aryl methyl sites for hydroxylation is 2. The zero-order valence-corrected chi connectivity index (χ0v) is 19.8. The van der Waals surface area contributed by atoms with Crippen LogP contribution in [-0.4, -0.2) is 58.8 Å². The molecule has 4 aromatic rings. The minimum atomic E-state index is 0.422. The number of anilines is 3. The Labute approximate surface area is 197 Å². The number of aromatic nitrogens is 6. The molecule has 0 atom stereocenters. The number of nitrogens with one attached hydrogen (secondary N) is 2. The number of hydrogen-bond donors (Lipinski definition) is 2. The predicted molar refractivity (Wildman–Crippen MR) is 132 cm³/mol. The number of hydrogen-bond acceptors (Lipinski definition) is 8. The summed E-state index contributed by atoms with van der Waals surface area (Å²) in [4.78, 5) is 12.4. The third-order valence-electron chi connectivity index (χ3n) is 6.73. The normalized spacial score (nSPS) is 21.3. The molecule has 1 saturated carbocycles. The minimum Gasteiger partial charge on any atom is -0.365 e. The van der Waals surface area contributed by atoms with Crippen molar-refractivity contribution in [3.05, 3.63) is 36.4 Å². The van der Waals surface area contributed by atoms with Gasteiger partial charge in [-0.05, 0) is 69.4 Å². The molecule has 0 amide bonds. The Hall–Kier alpha value is -2.98. The van der Waals surface area contributed by atoms with Crippen molar-refractivity contribution in [2.75, 3.05) is 23.7 Å². The first-order valence-corrected chi connectivity index (χ1v) is 12.5. The molecule has 1 aliphatic heterocycles. The number of likely N-dealkylation sites (tertiary alicyclic amines) is 1. The van der Waals surface area contributed by atoms with E-state index in [0.29, 0.717) is 18.0 Å². The molecule has 6 rings (SSSR count). The molecule has 5 heterocycles. The van der Waals surface area contributed by atoms with E-state index >= 15 is 0 Å². The largest absolute Gasteiger partial charge is 0.365 e. The quantitative estimate of drug-likeness (QED) is 0.445. The molecule has 0 unspecified atom stereocenters. The maximum Gasteiger partial charge on any atom is 0.230 e. The van der Waals surface area contributed by atoms with Gasteiger partial charge in [-0.2, -0.15) is 14.5 Å². The Morgan fingerprint density at radius 1 is 1.12 bits per heavy atom. The van der Waals surface area contributed by atoms with Crippen LogP contribution in [0.15, 0.2) is 30.7 Å². The monoisotopic (exact) mass is 463 g/mol. The summed E-state index contributed by atoms with van der Waals surface area (Å²) in [6, 6.07) is 5.17. The van der Waals surface area contributed by atoms with Gasteiger partial charge in [0, 0.05) is 31.5 Å². The van der Waals surface area contributed by atoms with Gasteiger partial charge >= 0.3 is 0 Å². The summed E-state index contributed by atoms with van der Waals surface area (Å²) in [5.74, 6) is 1.45. The number of rotatable bonds is 6. The van der Waals surface area contributed by atoms with Crippen LogP contribution in [0.5, 0.6) is 0 Å². The molecule has 0 bridgehead atoms. The summed E-state index contributed by atoms with van der Waals surface area (Å²) in [6.07, 6.45) is 12.3. The molecule has 2 N–H and O–H groups in total. The Kier molecular flexibility index (Phi) is 5.26. The van der Waals surface area contributed by atoms with E-state index in [1.54, 1.807) is 0 Å². The second-order valence-electron chi connectivity index (χ2n) is 9.21. The average Bonchev–Trinajstić information content (AvgIpc) is 3.51. The molecule has 33 heavy (non-hydrogen) atoms. The van der Waals surface area contributed by atoms with Crippen molar-refractivity contribution in [3.63, 3.8) is 0 Å². The maximum atomic E-state index is 4.91. The van der Waals surface area contributed by atoms with Gasteiger partial charge in [-0.1, -0.05) is 6.42 Å². The summed E-state index contributed by atoms with van der Waals surface area (Å²) in [5.41, 5.74) is 3.86. The smallest absolute Gasteiger partial charge is 0.230 e. The molecule has 9 nitrogen and oxygen atoms in total. The maximum absolute atomic E-state index is 4.91. The van der Waals surface area contributed by atoms with Gasteiger partial charge in [0.2, 0.25) is 5.95 Å². The van der Waals surface area contributed by atoms with Crippen molar-refractivity contribution in [1.82, 2.24) is 33.6 Å². The number of fused-ring (bicyclic) bond motifs is 1. The van der Waals surface area contributed by atoms with E-state index in [4.69, 9.17) is 9.97 Å². The van der Waals surface area contributed by atoms with Gasteiger partial charge in [-0.25, -0.2) is 4.98 Å². The lowest BCUT2D eigenvalue weighted by atomic mass is 9.84. The highest BCUT2D eigenvalue weighted by molar-refractivity contribution is 7.10. The fraction of sp³-hybridized carbons (Fsp3) is 0.478. The van der Waals surface area contributed by atoms with Crippen LogP contribution in [0, 0.1) is 6.92 Å². The van der Waals surface area contributed by atoms with E-state index in [2.05, 4.69) is 29.6 Å². The average molecular weight is 464 g/mol. The van der Waals surface area contributed by atoms with E-state index in [1.807, 2.05) is 49.4 Å². The molecule has 1 aliphatic carbocycles. The van der Waals surface area contributed by atoms with Crippen LogP contribution in [0.25, 0.3) is 16.7 Å². The van der Waals surface area contributed by atoms with Crippen LogP contribution in [-0.2, 0) is 7.05 Å². The van der Waals surface area contributed by atoms with E-state index < -0.39 is 0 Å².